The number of para-hydroxylation sites is 1. The van der Waals surface area contributed by atoms with Gasteiger partial charge in [0.2, 0.25) is 0 Å². The lowest BCUT2D eigenvalue weighted by molar-refractivity contribution is 0.707. The molecule has 0 aromatic heterocycles. The van der Waals surface area contributed by atoms with Crippen LogP contribution in [-0.4, -0.2) is 20.1 Å². The predicted molar refractivity (Wildman–Crippen MR) is 65.9 cm³/mol. The average Bonchev–Trinajstić information content (AvgIpc) is 2.29. The number of hydrogen-bond donors (Lipinski definition) is 1. The van der Waals surface area contributed by atoms with Crippen molar-refractivity contribution in [3.05, 3.63) is 29.8 Å². The Kier molecular flexibility index (Phi) is 5.93. The summed E-state index contributed by atoms with van der Waals surface area (Å²) < 4.78 is 0. The Bertz CT molecular complexity index is 279. The third kappa shape index (κ3) is 2.77. The van der Waals surface area contributed by atoms with E-state index in [1.807, 2.05) is 0 Å². The second-order valence-electron chi connectivity index (χ2n) is 3.23. The number of fused-ring (bicyclic) bond motifs is 1. The van der Waals surface area contributed by atoms with Crippen LogP contribution >= 0.6 is 24.8 Å². The number of nitrogens with zero attached hydrogens (tertiary/aromatic N) is 1. The molecule has 0 unspecified atom stereocenters. The van der Waals surface area contributed by atoms with Gasteiger partial charge in [0.15, 0.2) is 0 Å². The first-order valence-electron chi connectivity index (χ1n) is 4.38. The van der Waals surface area contributed by atoms with Crippen molar-refractivity contribution in [3.63, 3.8) is 0 Å². The highest BCUT2D eigenvalue weighted by Gasteiger charge is 2.09. The molecule has 1 aliphatic rings. The van der Waals surface area contributed by atoms with E-state index in [1.165, 1.54) is 11.3 Å². The average molecular weight is 235 g/mol. The summed E-state index contributed by atoms with van der Waals surface area (Å²) in [7, 11) is 2.14. The van der Waals surface area contributed by atoms with E-state index in [1.54, 1.807) is 0 Å². The molecule has 0 saturated heterocycles. The van der Waals surface area contributed by atoms with E-state index in [0.717, 1.165) is 19.6 Å². The summed E-state index contributed by atoms with van der Waals surface area (Å²) in [6.07, 6.45) is 0. The predicted octanol–water partition coefficient (Wildman–Crippen LogP) is 2.07. The van der Waals surface area contributed by atoms with Gasteiger partial charge in [-0.2, -0.15) is 0 Å². The molecule has 2 rings (SSSR count). The van der Waals surface area contributed by atoms with Crippen LogP contribution in [0.2, 0.25) is 0 Å². The number of anilines is 1. The van der Waals surface area contributed by atoms with Gasteiger partial charge in [0.05, 0.1) is 0 Å². The van der Waals surface area contributed by atoms with Gasteiger partial charge in [-0.05, 0) is 11.6 Å². The lowest BCUT2D eigenvalue weighted by Crippen LogP contribution is -2.24. The summed E-state index contributed by atoms with van der Waals surface area (Å²) in [5.74, 6) is 0. The Balaban J connectivity index is 0.000000845. The molecule has 0 amide bonds. The molecule has 0 bridgehead atoms. The van der Waals surface area contributed by atoms with Crippen LogP contribution in [0.15, 0.2) is 24.3 Å². The zero-order valence-electron chi connectivity index (χ0n) is 8.19. The standard InChI is InChI=1S/C10H14N2.2ClH/c1-12-7-6-11-8-9-4-2-3-5-10(9)12;;/h2-5,11H,6-8H2,1H3;2*1H. The number of halogens is 2. The van der Waals surface area contributed by atoms with Gasteiger partial charge in [0, 0.05) is 32.4 Å². The highest BCUT2D eigenvalue weighted by Crippen LogP contribution is 2.19. The number of hydrogen-bond acceptors (Lipinski definition) is 2. The van der Waals surface area contributed by atoms with Crippen molar-refractivity contribution in [2.75, 3.05) is 25.0 Å². The van der Waals surface area contributed by atoms with Crippen molar-refractivity contribution in [2.24, 2.45) is 0 Å². The molecule has 0 fully saturated rings. The van der Waals surface area contributed by atoms with E-state index in [0.29, 0.717) is 0 Å². The van der Waals surface area contributed by atoms with Gasteiger partial charge in [-0.15, -0.1) is 24.8 Å². The SMILES string of the molecule is CN1CCNCc2ccccc21.Cl.Cl. The highest BCUT2D eigenvalue weighted by molar-refractivity contribution is 5.85. The molecule has 0 radical (unpaired) electrons. The van der Waals surface area contributed by atoms with Gasteiger partial charge < -0.3 is 10.2 Å². The minimum Gasteiger partial charge on any atom is -0.373 e. The molecule has 14 heavy (non-hydrogen) atoms. The van der Waals surface area contributed by atoms with Gasteiger partial charge >= 0.3 is 0 Å². The summed E-state index contributed by atoms with van der Waals surface area (Å²) in [5.41, 5.74) is 2.76. The Morgan fingerprint density at radius 2 is 1.93 bits per heavy atom. The Morgan fingerprint density at radius 1 is 1.21 bits per heavy atom. The Morgan fingerprint density at radius 3 is 2.71 bits per heavy atom. The van der Waals surface area contributed by atoms with Gasteiger partial charge in [-0.25, -0.2) is 0 Å². The zero-order valence-corrected chi connectivity index (χ0v) is 9.83. The van der Waals surface area contributed by atoms with Crippen molar-refractivity contribution in [1.82, 2.24) is 5.32 Å². The number of nitrogens with one attached hydrogen (secondary N) is 1. The first kappa shape index (κ1) is 13.6. The van der Waals surface area contributed by atoms with E-state index in [2.05, 4.69) is 41.5 Å². The highest BCUT2D eigenvalue weighted by atomic mass is 35.5. The molecule has 1 aliphatic heterocycles. The third-order valence-corrected chi connectivity index (χ3v) is 2.34. The van der Waals surface area contributed by atoms with E-state index in [9.17, 15) is 0 Å². The summed E-state index contributed by atoms with van der Waals surface area (Å²) in [4.78, 5) is 2.30. The van der Waals surface area contributed by atoms with Crippen LogP contribution in [0.3, 0.4) is 0 Å². The largest absolute Gasteiger partial charge is 0.373 e. The first-order chi connectivity index (χ1) is 5.88. The van der Waals surface area contributed by atoms with Crippen LogP contribution in [0, 0.1) is 0 Å². The maximum absolute atomic E-state index is 3.39. The molecule has 0 saturated carbocycles. The topological polar surface area (TPSA) is 15.3 Å². The number of likely N-dealkylation sites (N-methyl/N-ethyl adjacent to an activating group) is 1. The van der Waals surface area contributed by atoms with Crippen molar-refractivity contribution < 1.29 is 0 Å². The molecule has 1 aromatic rings. The molecule has 0 aliphatic carbocycles. The van der Waals surface area contributed by atoms with Crippen molar-refractivity contribution in [1.29, 1.82) is 0 Å². The van der Waals surface area contributed by atoms with Gasteiger partial charge in [0.25, 0.3) is 0 Å². The van der Waals surface area contributed by atoms with Gasteiger partial charge in [-0.3, -0.25) is 0 Å². The van der Waals surface area contributed by atoms with E-state index in [-0.39, 0.29) is 24.8 Å². The number of rotatable bonds is 0. The van der Waals surface area contributed by atoms with E-state index < -0.39 is 0 Å². The summed E-state index contributed by atoms with van der Waals surface area (Å²) in [6.45, 7) is 3.17. The van der Waals surface area contributed by atoms with Crippen LogP contribution in [0.1, 0.15) is 5.56 Å². The molecule has 0 spiro atoms. The fourth-order valence-corrected chi connectivity index (χ4v) is 1.62. The quantitative estimate of drug-likeness (QED) is 0.740. The maximum Gasteiger partial charge on any atom is 0.0409 e. The normalized spacial score (nSPS) is 14.5. The molecule has 0 atom stereocenters. The minimum absolute atomic E-state index is 0. The van der Waals surface area contributed by atoms with Crippen molar-refractivity contribution in [2.45, 2.75) is 6.54 Å². The molecule has 1 heterocycles. The maximum atomic E-state index is 3.39. The van der Waals surface area contributed by atoms with Gasteiger partial charge in [0.1, 0.15) is 0 Å². The minimum atomic E-state index is 0. The monoisotopic (exact) mass is 234 g/mol. The fourth-order valence-electron chi connectivity index (χ4n) is 1.62. The Hall–Kier alpha value is -0.440. The molecular formula is C10H16Cl2N2. The van der Waals surface area contributed by atoms with Crippen molar-refractivity contribution >= 4 is 30.5 Å². The second kappa shape index (κ2) is 6.12. The summed E-state index contributed by atoms with van der Waals surface area (Å²) in [5, 5.41) is 3.39. The van der Waals surface area contributed by atoms with Gasteiger partial charge in [-0.1, -0.05) is 18.2 Å². The third-order valence-electron chi connectivity index (χ3n) is 2.34. The number of benzene rings is 1. The lowest BCUT2D eigenvalue weighted by Gasteiger charge is -2.18. The van der Waals surface area contributed by atoms with Crippen molar-refractivity contribution in [3.8, 4) is 0 Å². The van der Waals surface area contributed by atoms with Crippen LogP contribution in [0.5, 0.6) is 0 Å². The smallest absolute Gasteiger partial charge is 0.0409 e. The molecule has 1 aromatic carbocycles. The van der Waals surface area contributed by atoms with E-state index in [4.69, 9.17) is 0 Å². The molecule has 2 nitrogen and oxygen atoms in total. The molecule has 4 heteroatoms. The summed E-state index contributed by atoms with van der Waals surface area (Å²) >= 11 is 0. The molecule has 1 N–H and O–H groups in total. The Labute approximate surface area is 97.5 Å². The van der Waals surface area contributed by atoms with Crippen LogP contribution < -0.4 is 10.2 Å². The van der Waals surface area contributed by atoms with Crippen LogP contribution in [-0.2, 0) is 6.54 Å². The fraction of sp³-hybridized carbons (Fsp3) is 0.400. The first-order valence-corrected chi connectivity index (χ1v) is 4.38. The zero-order chi connectivity index (χ0) is 8.39. The van der Waals surface area contributed by atoms with Crippen LogP contribution in [0.4, 0.5) is 5.69 Å². The molecule has 80 valence electrons. The summed E-state index contributed by atoms with van der Waals surface area (Å²) in [6, 6.07) is 8.56. The second-order valence-corrected chi connectivity index (χ2v) is 3.23. The lowest BCUT2D eigenvalue weighted by atomic mass is 10.2. The van der Waals surface area contributed by atoms with Crippen LogP contribution in [0.25, 0.3) is 0 Å². The van der Waals surface area contributed by atoms with E-state index >= 15 is 0 Å². The molecular weight excluding hydrogens is 219 g/mol.